The minimum Gasteiger partial charge on any atom is -0.347 e. The van der Waals surface area contributed by atoms with Gasteiger partial charge in [0.15, 0.2) is 5.82 Å². The molecular formula is C9H11N7O. The topological polar surface area (TPSA) is 122 Å². The van der Waals surface area contributed by atoms with Crippen molar-refractivity contribution >= 4 is 11.7 Å². The van der Waals surface area contributed by atoms with Gasteiger partial charge in [-0.3, -0.25) is 4.79 Å². The number of H-pyrrole nitrogens is 1. The van der Waals surface area contributed by atoms with E-state index in [2.05, 4.69) is 30.7 Å². The molecule has 0 saturated carbocycles. The normalized spacial score (nSPS) is 9.94. The highest BCUT2D eigenvalue weighted by atomic mass is 16.1. The van der Waals surface area contributed by atoms with E-state index in [0.29, 0.717) is 12.4 Å². The molecule has 0 atom stereocenters. The van der Waals surface area contributed by atoms with Gasteiger partial charge in [0, 0.05) is 6.20 Å². The lowest BCUT2D eigenvalue weighted by Gasteiger charge is -2.03. The average molecular weight is 233 g/mol. The number of carbonyl (C=O) groups excluding carboxylic acids is 1. The molecular weight excluding hydrogens is 222 g/mol. The summed E-state index contributed by atoms with van der Waals surface area (Å²) >= 11 is 0. The number of nitrogens with one attached hydrogen (secondary N) is 3. The number of imidazole rings is 1. The zero-order valence-electron chi connectivity index (χ0n) is 8.84. The lowest BCUT2D eigenvalue weighted by Crippen LogP contribution is -2.24. The van der Waals surface area contributed by atoms with Gasteiger partial charge in [-0.05, 0) is 0 Å². The predicted molar refractivity (Wildman–Crippen MR) is 59.6 cm³/mol. The number of rotatable bonds is 4. The van der Waals surface area contributed by atoms with E-state index in [1.54, 1.807) is 12.5 Å². The first-order valence-corrected chi connectivity index (χ1v) is 4.83. The molecule has 0 unspecified atom stereocenters. The average Bonchev–Trinajstić information content (AvgIpc) is 2.89. The highest BCUT2D eigenvalue weighted by molar-refractivity contribution is 5.91. The van der Waals surface area contributed by atoms with Crippen LogP contribution >= 0.6 is 0 Å². The Morgan fingerprint density at radius 1 is 1.35 bits per heavy atom. The van der Waals surface area contributed by atoms with Crippen LogP contribution in [0.3, 0.4) is 0 Å². The number of hydrogen-bond donors (Lipinski definition) is 4. The Morgan fingerprint density at radius 2 is 2.24 bits per heavy atom. The number of amides is 1. The summed E-state index contributed by atoms with van der Waals surface area (Å²) in [5.41, 5.74) is 3.37. The molecule has 0 fully saturated rings. The van der Waals surface area contributed by atoms with E-state index in [-0.39, 0.29) is 11.6 Å². The molecule has 5 N–H and O–H groups in total. The number of anilines is 1. The molecule has 0 aromatic carbocycles. The van der Waals surface area contributed by atoms with Gasteiger partial charge in [0.1, 0.15) is 5.69 Å². The van der Waals surface area contributed by atoms with Gasteiger partial charge in [-0.2, -0.15) is 0 Å². The van der Waals surface area contributed by atoms with E-state index in [0.717, 1.165) is 5.69 Å². The Morgan fingerprint density at radius 3 is 2.82 bits per heavy atom. The van der Waals surface area contributed by atoms with Gasteiger partial charge in [0.25, 0.3) is 5.91 Å². The van der Waals surface area contributed by atoms with Gasteiger partial charge in [-0.15, -0.1) is 0 Å². The molecule has 0 saturated heterocycles. The van der Waals surface area contributed by atoms with Crippen LogP contribution in [-0.4, -0.2) is 25.8 Å². The largest absolute Gasteiger partial charge is 0.347 e. The second-order valence-corrected chi connectivity index (χ2v) is 3.19. The third kappa shape index (κ3) is 2.75. The Bertz CT molecular complexity index is 479. The van der Waals surface area contributed by atoms with Crippen molar-refractivity contribution in [3.05, 3.63) is 36.3 Å². The van der Waals surface area contributed by atoms with E-state index in [1.165, 1.54) is 12.4 Å². The molecule has 88 valence electrons. The van der Waals surface area contributed by atoms with Crippen molar-refractivity contribution in [1.82, 2.24) is 25.3 Å². The SMILES string of the molecule is NNc1cnc(C(=O)NCc2cnc[nH]2)cn1. The van der Waals surface area contributed by atoms with Crippen LogP contribution in [0.2, 0.25) is 0 Å². The summed E-state index contributed by atoms with van der Waals surface area (Å²) in [6, 6.07) is 0. The summed E-state index contributed by atoms with van der Waals surface area (Å²) in [5, 5.41) is 2.67. The highest BCUT2D eigenvalue weighted by Crippen LogP contribution is 1.99. The van der Waals surface area contributed by atoms with Crippen LogP contribution in [0.5, 0.6) is 0 Å². The summed E-state index contributed by atoms with van der Waals surface area (Å²) in [6.07, 6.45) is 5.90. The molecule has 1 amide bonds. The summed E-state index contributed by atoms with van der Waals surface area (Å²) in [6.45, 7) is 0.359. The molecule has 17 heavy (non-hydrogen) atoms. The summed E-state index contributed by atoms with van der Waals surface area (Å²) in [4.78, 5) is 26.1. The number of hydrogen-bond acceptors (Lipinski definition) is 6. The minimum atomic E-state index is -0.310. The van der Waals surface area contributed by atoms with Crippen molar-refractivity contribution in [3.63, 3.8) is 0 Å². The molecule has 2 aromatic rings. The number of aromatic amines is 1. The molecule has 0 aliphatic heterocycles. The molecule has 8 nitrogen and oxygen atoms in total. The number of hydrazine groups is 1. The molecule has 0 spiro atoms. The van der Waals surface area contributed by atoms with E-state index in [9.17, 15) is 4.79 Å². The van der Waals surface area contributed by atoms with Crippen molar-refractivity contribution in [1.29, 1.82) is 0 Å². The van der Waals surface area contributed by atoms with E-state index < -0.39 is 0 Å². The summed E-state index contributed by atoms with van der Waals surface area (Å²) in [5.74, 6) is 5.22. The quantitative estimate of drug-likeness (QED) is 0.414. The van der Waals surface area contributed by atoms with Crippen LogP contribution in [0.15, 0.2) is 24.9 Å². The third-order valence-electron chi connectivity index (χ3n) is 2.03. The second-order valence-electron chi connectivity index (χ2n) is 3.19. The molecule has 2 aromatic heterocycles. The fourth-order valence-electron chi connectivity index (χ4n) is 1.17. The maximum absolute atomic E-state index is 11.6. The first kappa shape index (κ1) is 11.0. The van der Waals surface area contributed by atoms with Gasteiger partial charge < -0.3 is 15.7 Å². The fourth-order valence-corrected chi connectivity index (χ4v) is 1.17. The number of carbonyl (C=O) groups is 1. The van der Waals surface area contributed by atoms with Gasteiger partial charge in [-0.25, -0.2) is 20.8 Å². The standard InChI is InChI=1S/C9H11N7O/c10-16-8-4-12-7(3-13-8)9(17)14-2-6-1-11-5-15-6/h1,3-5H,2,10H2,(H,11,15)(H,13,16)(H,14,17). The van der Waals surface area contributed by atoms with Crippen LogP contribution in [-0.2, 0) is 6.54 Å². The van der Waals surface area contributed by atoms with Gasteiger partial charge >= 0.3 is 0 Å². The van der Waals surface area contributed by atoms with E-state index in [1.807, 2.05) is 0 Å². The van der Waals surface area contributed by atoms with E-state index >= 15 is 0 Å². The molecule has 2 heterocycles. The van der Waals surface area contributed by atoms with Crippen LogP contribution in [0.4, 0.5) is 5.82 Å². The van der Waals surface area contributed by atoms with Crippen molar-refractivity contribution in [2.75, 3.05) is 5.43 Å². The second kappa shape index (κ2) is 5.03. The fraction of sp³-hybridized carbons (Fsp3) is 0.111. The van der Waals surface area contributed by atoms with Crippen LogP contribution in [0, 0.1) is 0 Å². The maximum atomic E-state index is 11.6. The number of nitrogens with zero attached hydrogens (tertiary/aromatic N) is 3. The number of nitrogen functional groups attached to an aromatic ring is 1. The monoisotopic (exact) mass is 233 g/mol. The summed E-state index contributed by atoms with van der Waals surface area (Å²) in [7, 11) is 0. The van der Waals surface area contributed by atoms with Gasteiger partial charge in [0.2, 0.25) is 0 Å². The zero-order chi connectivity index (χ0) is 12.1. The smallest absolute Gasteiger partial charge is 0.271 e. The van der Waals surface area contributed by atoms with Crippen molar-refractivity contribution < 1.29 is 4.79 Å². The van der Waals surface area contributed by atoms with Crippen LogP contribution in [0.25, 0.3) is 0 Å². The van der Waals surface area contributed by atoms with Crippen molar-refractivity contribution in [3.8, 4) is 0 Å². The third-order valence-corrected chi connectivity index (χ3v) is 2.03. The van der Waals surface area contributed by atoms with Crippen molar-refractivity contribution in [2.45, 2.75) is 6.54 Å². The first-order valence-electron chi connectivity index (χ1n) is 4.83. The molecule has 0 aliphatic rings. The minimum absolute atomic E-state index is 0.225. The Labute approximate surface area is 96.7 Å². The molecule has 2 rings (SSSR count). The highest BCUT2D eigenvalue weighted by Gasteiger charge is 2.07. The number of aromatic nitrogens is 4. The molecule has 0 radical (unpaired) electrons. The Kier molecular flexibility index (Phi) is 3.26. The van der Waals surface area contributed by atoms with Gasteiger partial charge in [-0.1, -0.05) is 0 Å². The molecule has 8 heteroatoms. The number of nitrogens with two attached hydrogens (primary N) is 1. The van der Waals surface area contributed by atoms with E-state index in [4.69, 9.17) is 5.84 Å². The molecule has 0 bridgehead atoms. The maximum Gasteiger partial charge on any atom is 0.271 e. The lowest BCUT2D eigenvalue weighted by atomic mass is 10.4. The Hall–Kier alpha value is -2.48. The Balaban J connectivity index is 1.95. The lowest BCUT2D eigenvalue weighted by molar-refractivity contribution is 0.0945. The predicted octanol–water partition coefficient (Wildman–Crippen LogP) is -0.585. The first-order chi connectivity index (χ1) is 8.29. The van der Waals surface area contributed by atoms with Gasteiger partial charge in [0.05, 0.1) is 31.0 Å². The van der Waals surface area contributed by atoms with Crippen molar-refractivity contribution in [2.24, 2.45) is 5.84 Å². The van der Waals surface area contributed by atoms with Crippen LogP contribution < -0.4 is 16.6 Å². The summed E-state index contributed by atoms with van der Waals surface area (Å²) < 4.78 is 0. The zero-order valence-corrected chi connectivity index (χ0v) is 8.84. The molecule has 0 aliphatic carbocycles. The van der Waals surface area contributed by atoms with Crippen LogP contribution in [0.1, 0.15) is 16.2 Å².